The minimum absolute atomic E-state index is 0.141. The molecule has 0 atom stereocenters. The molecule has 0 fully saturated rings. The molecular formula is C35H51ClO2. The Hall–Kier alpha value is -2.58. The second kappa shape index (κ2) is 19.5. The van der Waals surface area contributed by atoms with Gasteiger partial charge in [-0.2, -0.15) is 0 Å². The number of carbonyl (C=O) groups is 1. The van der Waals surface area contributed by atoms with E-state index in [0.29, 0.717) is 5.41 Å². The standard InChI is InChI=1S/C10H12O.C9H20.C8H9Cl.C8H10O/c1-7-4-5-10(9(3)11)8(2)6-7;1-5-7-9(3,4)8-6-2;1-2-7-4-3-5-8(9)6-7;1-7-3-5-8(9-2)6-4-7/h4-6H,1-3H3;5-8H2,1-4H3;3-6H,2H2,1H3;3-6H,1-2H3. The number of methoxy groups -OCH3 is 1. The predicted molar refractivity (Wildman–Crippen MR) is 168 cm³/mol. The highest BCUT2D eigenvalue weighted by Crippen LogP contribution is 2.27. The largest absolute Gasteiger partial charge is 0.497 e. The van der Waals surface area contributed by atoms with Crippen LogP contribution >= 0.6 is 11.6 Å². The van der Waals surface area contributed by atoms with Crippen LogP contribution in [0.3, 0.4) is 0 Å². The number of ketones is 1. The second-order valence-corrected chi connectivity index (χ2v) is 11.0. The number of rotatable bonds is 7. The van der Waals surface area contributed by atoms with Crippen molar-refractivity contribution < 1.29 is 9.53 Å². The van der Waals surface area contributed by atoms with Crippen molar-refractivity contribution in [2.24, 2.45) is 5.41 Å². The zero-order valence-corrected chi connectivity index (χ0v) is 26.3. The zero-order valence-electron chi connectivity index (χ0n) is 25.6. The monoisotopic (exact) mass is 538 g/mol. The molecule has 0 saturated carbocycles. The molecule has 0 heterocycles. The van der Waals surface area contributed by atoms with E-state index in [2.05, 4.69) is 47.6 Å². The lowest BCUT2D eigenvalue weighted by Crippen LogP contribution is -2.09. The highest BCUT2D eigenvalue weighted by Gasteiger charge is 2.13. The van der Waals surface area contributed by atoms with Crippen LogP contribution in [-0.2, 0) is 6.42 Å². The Labute approximate surface area is 238 Å². The third-order valence-electron chi connectivity index (χ3n) is 6.17. The molecule has 0 N–H and O–H groups in total. The van der Waals surface area contributed by atoms with Gasteiger partial charge in [-0.3, -0.25) is 4.79 Å². The molecule has 0 saturated heterocycles. The van der Waals surface area contributed by atoms with Gasteiger partial charge < -0.3 is 4.74 Å². The van der Waals surface area contributed by atoms with Gasteiger partial charge in [0.05, 0.1) is 7.11 Å². The molecule has 3 heteroatoms. The Bertz CT molecular complexity index is 1040. The molecule has 0 aliphatic heterocycles. The fraction of sp³-hybridized carbons (Fsp3) is 0.457. The minimum atomic E-state index is 0.141. The number of hydrogen-bond donors (Lipinski definition) is 0. The number of benzene rings is 3. The average molecular weight is 539 g/mol. The third-order valence-corrected chi connectivity index (χ3v) is 6.40. The highest BCUT2D eigenvalue weighted by molar-refractivity contribution is 6.30. The first-order valence-electron chi connectivity index (χ1n) is 13.8. The molecular weight excluding hydrogens is 488 g/mol. The molecule has 3 rings (SSSR count). The summed E-state index contributed by atoms with van der Waals surface area (Å²) >= 11 is 5.72. The van der Waals surface area contributed by atoms with Crippen molar-refractivity contribution >= 4 is 17.4 Å². The van der Waals surface area contributed by atoms with Crippen molar-refractivity contribution in [3.05, 3.63) is 99.6 Å². The van der Waals surface area contributed by atoms with Gasteiger partial charge >= 0.3 is 0 Å². The molecule has 0 unspecified atom stereocenters. The number of ether oxygens (including phenoxy) is 1. The van der Waals surface area contributed by atoms with Crippen molar-refractivity contribution in [3.63, 3.8) is 0 Å². The SMILES string of the molecule is CC(=O)c1ccc(C)cc1C.CCCC(C)(C)CCC.CCc1cccc(Cl)c1.COc1ccc(C)cc1. The molecule has 38 heavy (non-hydrogen) atoms. The summed E-state index contributed by atoms with van der Waals surface area (Å²) in [6.07, 6.45) is 6.46. The Balaban J connectivity index is 0.000000482. The summed E-state index contributed by atoms with van der Waals surface area (Å²) in [5, 5.41) is 0.828. The molecule has 0 radical (unpaired) electrons. The number of hydrogen-bond acceptors (Lipinski definition) is 2. The average Bonchev–Trinajstić information content (AvgIpc) is 2.85. The van der Waals surface area contributed by atoms with Gasteiger partial charge in [0, 0.05) is 10.6 Å². The van der Waals surface area contributed by atoms with Crippen molar-refractivity contribution in [1.29, 1.82) is 0 Å². The summed E-state index contributed by atoms with van der Waals surface area (Å²) in [4.78, 5) is 11.0. The van der Waals surface area contributed by atoms with E-state index in [1.54, 1.807) is 14.0 Å². The first-order valence-corrected chi connectivity index (χ1v) is 14.2. The van der Waals surface area contributed by atoms with Crippen LogP contribution in [0.15, 0.2) is 66.7 Å². The van der Waals surface area contributed by atoms with Gasteiger partial charge in [-0.1, -0.05) is 113 Å². The lowest BCUT2D eigenvalue weighted by Gasteiger charge is -2.22. The first kappa shape index (κ1) is 35.4. The third kappa shape index (κ3) is 16.3. The van der Waals surface area contributed by atoms with Crippen LogP contribution in [0, 0.1) is 26.2 Å². The molecule has 0 amide bonds. The Morgan fingerprint density at radius 1 is 0.816 bits per heavy atom. The van der Waals surface area contributed by atoms with Crippen molar-refractivity contribution in [2.75, 3.05) is 7.11 Å². The van der Waals surface area contributed by atoms with Crippen LogP contribution < -0.4 is 4.74 Å². The molecule has 3 aromatic rings. The molecule has 0 spiro atoms. The topological polar surface area (TPSA) is 26.3 Å². The van der Waals surface area contributed by atoms with Gasteiger partial charge in [0.15, 0.2) is 5.78 Å². The van der Waals surface area contributed by atoms with E-state index in [1.807, 2.05) is 74.5 Å². The van der Waals surface area contributed by atoms with Crippen LogP contribution in [0.4, 0.5) is 0 Å². The second-order valence-electron chi connectivity index (χ2n) is 10.5. The maximum absolute atomic E-state index is 11.0. The zero-order chi connectivity index (χ0) is 29.1. The van der Waals surface area contributed by atoms with E-state index >= 15 is 0 Å². The molecule has 0 aliphatic carbocycles. The lowest BCUT2D eigenvalue weighted by atomic mass is 9.84. The molecule has 210 valence electrons. The Morgan fingerprint density at radius 3 is 1.76 bits per heavy atom. The summed E-state index contributed by atoms with van der Waals surface area (Å²) < 4.78 is 4.97. The van der Waals surface area contributed by atoms with Gasteiger partial charge in [-0.05, 0) is 87.8 Å². The van der Waals surface area contributed by atoms with Crippen molar-refractivity contribution in [3.8, 4) is 5.75 Å². The van der Waals surface area contributed by atoms with Gasteiger partial charge in [0.2, 0.25) is 0 Å². The van der Waals surface area contributed by atoms with Crippen molar-refractivity contribution in [1.82, 2.24) is 0 Å². The normalized spacial score (nSPS) is 10.1. The van der Waals surface area contributed by atoms with Crippen LogP contribution in [0.5, 0.6) is 5.75 Å². The van der Waals surface area contributed by atoms with Gasteiger partial charge in [-0.15, -0.1) is 0 Å². The first-order chi connectivity index (χ1) is 17.9. The summed E-state index contributed by atoms with van der Waals surface area (Å²) in [6.45, 7) is 19.0. The smallest absolute Gasteiger partial charge is 0.160 e. The van der Waals surface area contributed by atoms with Gasteiger partial charge in [0.25, 0.3) is 0 Å². The number of Topliss-reactive ketones (excluding diaryl/α,β-unsaturated/α-hetero) is 1. The molecule has 0 bridgehead atoms. The highest BCUT2D eigenvalue weighted by atomic mass is 35.5. The van der Waals surface area contributed by atoms with E-state index in [1.165, 1.54) is 42.4 Å². The summed E-state index contributed by atoms with van der Waals surface area (Å²) in [5.41, 5.74) is 6.25. The van der Waals surface area contributed by atoms with E-state index in [4.69, 9.17) is 16.3 Å². The van der Waals surface area contributed by atoms with E-state index in [9.17, 15) is 4.79 Å². The van der Waals surface area contributed by atoms with Crippen LogP contribution in [0.1, 0.15) is 99.8 Å². The number of carbonyl (C=O) groups excluding carboxylic acids is 1. The fourth-order valence-corrected chi connectivity index (χ4v) is 4.33. The van der Waals surface area contributed by atoms with Crippen LogP contribution in [0.25, 0.3) is 0 Å². The van der Waals surface area contributed by atoms with E-state index in [-0.39, 0.29) is 5.78 Å². The molecule has 0 aromatic heterocycles. The number of halogens is 1. The van der Waals surface area contributed by atoms with Gasteiger partial charge in [-0.25, -0.2) is 0 Å². The molecule has 0 aliphatic rings. The Kier molecular flexibility index (Phi) is 18.2. The maximum Gasteiger partial charge on any atom is 0.160 e. The Morgan fingerprint density at radius 2 is 1.37 bits per heavy atom. The van der Waals surface area contributed by atoms with Crippen LogP contribution in [-0.4, -0.2) is 12.9 Å². The quantitative estimate of drug-likeness (QED) is 0.279. The van der Waals surface area contributed by atoms with Crippen molar-refractivity contribution in [2.45, 2.75) is 94.4 Å². The summed E-state index contributed by atoms with van der Waals surface area (Å²) in [5.74, 6) is 1.06. The number of aryl methyl sites for hydroxylation is 4. The molecule has 3 aromatic carbocycles. The lowest BCUT2D eigenvalue weighted by molar-refractivity contribution is 0.101. The predicted octanol–water partition coefficient (Wildman–Crippen LogP) is 11.0. The van der Waals surface area contributed by atoms with Gasteiger partial charge in [0.1, 0.15) is 5.75 Å². The summed E-state index contributed by atoms with van der Waals surface area (Å²) in [6, 6.07) is 21.8. The minimum Gasteiger partial charge on any atom is -0.497 e. The maximum atomic E-state index is 11.0. The van der Waals surface area contributed by atoms with E-state index < -0.39 is 0 Å². The fourth-order valence-electron chi connectivity index (χ4n) is 4.12. The van der Waals surface area contributed by atoms with E-state index in [0.717, 1.165) is 28.3 Å². The van der Waals surface area contributed by atoms with Crippen LogP contribution in [0.2, 0.25) is 5.02 Å². The molecule has 2 nitrogen and oxygen atoms in total. The summed E-state index contributed by atoms with van der Waals surface area (Å²) in [7, 11) is 1.67.